The second-order valence-electron chi connectivity index (χ2n) is 9.91. The maximum Gasteiger partial charge on any atom is 0.237 e. The van der Waals surface area contributed by atoms with Gasteiger partial charge in [-0.25, -0.2) is 14.4 Å². The third-order valence-electron chi connectivity index (χ3n) is 7.27. The zero-order valence-corrected chi connectivity index (χ0v) is 22.0. The van der Waals surface area contributed by atoms with Crippen LogP contribution in [0.4, 0.5) is 15.9 Å². The lowest BCUT2D eigenvalue weighted by Crippen LogP contribution is -2.47. The normalized spacial score (nSPS) is 23.8. The van der Waals surface area contributed by atoms with Crippen LogP contribution in [-0.4, -0.2) is 70.9 Å². The van der Waals surface area contributed by atoms with Gasteiger partial charge in [-0.05, 0) is 50.9 Å². The number of nitrogens with zero attached hydrogens (tertiary/aromatic N) is 3. The van der Waals surface area contributed by atoms with E-state index in [1.54, 1.807) is 31.4 Å². The van der Waals surface area contributed by atoms with Gasteiger partial charge in [-0.3, -0.25) is 9.69 Å². The highest BCUT2D eigenvalue weighted by molar-refractivity contribution is 6.31. The molecule has 1 saturated carbocycles. The topological polar surface area (TPSA) is 109 Å². The number of aromatic nitrogens is 2. The van der Waals surface area contributed by atoms with Crippen LogP contribution >= 0.6 is 11.6 Å². The number of methoxy groups -OCH3 is 1. The predicted molar refractivity (Wildman–Crippen MR) is 143 cm³/mol. The van der Waals surface area contributed by atoms with Crippen molar-refractivity contribution in [2.24, 2.45) is 0 Å². The summed E-state index contributed by atoms with van der Waals surface area (Å²) < 4.78 is 26.4. The zero-order chi connectivity index (χ0) is 26.8. The second-order valence-corrected chi connectivity index (χ2v) is 10.3. The van der Waals surface area contributed by atoms with Crippen molar-refractivity contribution >= 4 is 39.9 Å². The Morgan fingerprint density at radius 2 is 1.97 bits per heavy atom. The number of anilines is 2. The van der Waals surface area contributed by atoms with Gasteiger partial charge in [0.05, 0.1) is 35.5 Å². The van der Waals surface area contributed by atoms with Crippen molar-refractivity contribution in [2.45, 2.75) is 56.4 Å². The molecule has 1 aliphatic heterocycles. The number of fused-ring (bicyclic) bond motifs is 1. The molecule has 3 N–H and O–H groups in total. The van der Waals surface area contributed by atoms with Crippen LogP contribution in [-0.2, 0) is 4.79 Å². The van der Waals surface area contributed by atoms with Crippen LogP contribution in [0.15, 0.2) is 36.7 Å². The quantitative estimate of drug-likeness (QED) is 0.410. The summed E-state index contributed by atoms with van der Waals surface area (Å²) in [4.78, 5) is 23.6. The molecule has 9 nitrogen and oxygen atoms in total. The fourth-order valence-electron chi connectivity index (χ4n) is 5.18. The number of nitrogens with one attached hydrogen (secondary N) is 2. The van der Waals surface area contributed by atoms with E-state index in [2.05, 4.69) is 20.6 Å². The Morgan fingerprint density at radius 1 is 1.18 bits per heavy atom. The van der Waals surface area contributed by atoms with Gasteiger partial charge >= 0.3 is 0 Å². The Bertz CT molecular complexity index is 1320. The summed E-state index contributed by atoms with van der Waals surface area (Å²) in [6.07, 6.45) is 4.38. The number of likely N-dealkylation sites (tertiary alicyclic amines) is 1. The molecule has 0 bridgehead atoms. The van der Waals surface area contributed by atoms with E-state index < -0.39 is 5.82 Å². The minimum absolute atomic E-state index is 0.00377. The standard InChI is InChI=1S/C27H31ClFN5O4/c1-34-13-17(10-22(34)27(36)32-15-6-8-16(35)9-7-15)38-24-11-18-21(12-23(24)37-2)30-14-31-26(18)33-20-5-3-4-19(28)25(20)29/h3-5,11-12,14-17,22,35H,6-10,13H2,1-2H3,(H,32,36)(H,30,31,33)/t15?,16?,17?,22-/m1/s1. The second kappa shape index (κ2) is 11.3. The number of aliphatic hydroxyl groups is 1. The maximum absolute atomic E-state index is 14.5. The number of likely N-dealkylation sites (N-methyl/N-ethyl adjacent to an activating group) is 1. The summed E-state index contributed by atoms with van der Waals surface area (Å²) in [5.74, 6) is 0.766. The first kappa shape index (κ1) is 26.4. The molecule has 5 rings (SSSR count). The van der Waals surface area contributed by atoms with Gasteiger partial charge in [-0.15, -0.1) is 0 Å². The monoisotopic (exact) mass is 543 g/mol. The molecule has 1 amide bonds. The summed E-state index contributed by atoms with van der Waals surface area (Å²) in [6, 6.07) is 7.98. The molecule has 2 heterocycles. The summed E-state index contributed by atoms with van der Waals surface area (Å²) >= 11 is 5.94. The van der Waals surface area contributed by atoms with E-state index in [1.165, 1.54) is 12.4 Å². The van der Waals surface area contributed by atoms with Crippen LogP contribution in [0.2, 0.25) is 5.02 Å². The highest BCUT2D eigenvalue weighted by atomic mass is 35.5. The van der Waals surface area contributed by atoms with E-state index in [0.29, 0.717) is 54.0 Å². The molecule has 202 valence electrons. The number of hydrogen-bond donors (Lipinski definition) is 3. The first-order chi connectivity index (χ1) is 18.3. The van der Waals surface area contributed by atoms with E-state index in [-0.39, 0.29) is 40.9 Å². The van der Waals surface area contributed by atoms with Gasteiger partial charge in [0, 0.05) is 30.5 Å². The fraction of sp³-hybridized carbons (Fsp3) is 0.444. The third-order valence-corrected chi connectivity index (χ3v) is 7.57. The first-order valence-corrected chi connectivity index (χ1v) is 13.1. The van der Waals surface area contributed by atoms with Crippen LogP contribution in [0.1, 0.15) is 32.1 Å². The lowest BCUT2D eigenvalue weighted by molar-refractivity contribution is -0.126. The van der Waals surface area contributed by atoms with Crippen molar-refractivity contribution in [1.29, 1.82) is 0 Å². The Morgan fingerprint density at radius 3 is 2.74 bits per heavy atom. The van der Waals surface area contributed by atoms with Crippen molar-refractivity contribution in [3.8, 4) is 11.5 Å². The Kier molecular flexibility index (Phi) is 7.83. The molecule has 0 spiro atoms. The third kappa shape index (κ3) is 5.62. The number of halogens is 2. The molecule has 1 saturated heterocycles. The zero-order valence-electron chi connectivity index (χ0n) is 21.3. The van der Waals surface area contributed by atoms with Crippen LogP contribution < -0.4 is 20.1 Å². The fourth-order valence-corrected chi connectivity index (χ4v) is 5.36. The molecule has 1 unspecified atom stereocenters. The molecule has 11 heteroatoms. The Hall–Kier alpha value is -3.21. The maximum atomic E-state index is 14.5. The SMILES string of the molecule is COc1cc2ncnc(Nc3cccc(Cl)c3F)c2cc1OC1C[C@H](C(=O)NC2CCC(O)CC2)N(C)C1. The smallest absolute Gasteiger partial charge is 0.237 e. The molecule has 3 aromatic rings. The number of amides is 1. The number of hydrogen-bond acceptors (Lipinski definition) is 8. The number of carbonyl (C=O) groups is 1. The van der Waals surface area contributed by atoms with Gasteiger partial charge in [0.2, 0.25) is 5.91 Å². The predicted octanol–water partition coefficient (Wildman–Crippen LogP) is 4.05. The molecule has 2 aliphatic rings. The Balaban J connectivity index is 1.33. The minimum atomic E-state index is -0.575. The highest BCUT2D eigenvalue weighted by Crippen LogP contribution is 2.37. The molecular weight excluding hydrogens is 513 g/mol. The van der Waals surface area contributed by atoms with Gasteiger partial charge in [-0.1, -0.05) is 17.7 Å². The van der Waals surface area contributed by atoms with Crippen LogP contribution in [0.25, 0.3) is 10.9 Å². The number of ether oxygens (including phenoxy) is 2. The molecule has 1 aliphatic carbocycles. The minimum Gasteiger partial charge on any atom is -0.493 e. The van der Waals surface area contributed by atoms with Crippen molar-refractivity contribution in [1.82, 2.24) is 20.2 Å². The molecule has 2 aromatic carbocycles. The first-order valence-electron chi connectivity index (χ1n) is 12.7. The lowest BCUT2D eigenvalue weighted by atomic mass is 9.93. The van der Waals surface area contributed by atoms with Crippen LogP contribution in [0.5, 0.6) is 11.5 Å². The van der Waals surface area contributed by atoms with Crippen molar-refractivity contribution in [2.75, 3.05) is 26.0 Å². The molecule has 2 atom stereocenters. The molecule has 0 radical (unpaired) electrons. The van der Waals surface area contributed by atoms with E-state index in [9.17, 15) is 14.3 Å². The van der Waals surface area contributed by atoms with Gasteiger partial charge in [0.15, 0.2) is 17.3 Å². The Labute approximate surface area is 225 Å². The summed E-state index contributed by atoms with van der Waals surface area (Å²) in [6.45, 7) is 0.562. The number of aliphatic hydroxyl groups excluding tert-OH is 1. The van der Waals surface area contributed by atoms with E-state index in [4.69, 9.17) is 21.1 Å². The van der Waals surface area contributed by atoms with E-state index in [1.807, 2.05) is 11.9 Å². The molecule has 38 heavy (non-hydrogen) atoms. The average Bonchev–Trinajstić information content (AvgIpc) is 3.28. The van der Waals surface area contributed by atoms with E-state index >= 15 is 0 Å². The van der Waals surface area contributed by atoms with Gasteiger partial charge in [-0.2, -0.15) is 0 Å². The van der Waals surface area contributed by atoms with Crippen molar-refractivity contribution in [3.63, 3.8) is 0 Å². The van der Waals surface area contributed by atoms with Gasteiger partial charge in [0.25, 0.3) is 0 Å². The number of carbonyl (C=O) groups excluding carboxylic acids is 1. The van der Waals surface area contributed by atoms with Crippen LogP contribution in [0, 0.1) is 5.82 Å². The van der Waals surface area contributed by atoms with Crippen molar-refractivity contribution in [3.05, 3.63) is 47.5 Å². The summed E-state index contributed by atoms with van der Waals surface area (Å²) in [7, 11) is 3.46. The highest BCUT2D eigenvalue weighted by Gasteiger charge is 2.37. The summed E-state index contributed by atoms with van der Waals surface area (Å²) in [5.41, 5.74) is 0.780. The van der Waals surface area contributed by atoms with Crippen molar-refractivity contribution < 1.29 is 23.8 Å². The number of rotatable bonds is 7. The van der Waals surface area contributed by atoms with Gasteiger partial charge in [0.1, 0.15) is 18.2 Å². The van der Waals surface area contributed by atoms with E-state index in [0.717, 1.165) is 12.8 Å². The number of benzene rings is 2. The molecule has 1 aromatic heterocycles. The largest absolute Gasteiger partial charge is 0.493 e. The van der Waals surface area contributed by atoms with Gasteiger partial charge < -0.3 is 25.2 Å². The molecule has 2 fully saturated rings. The average molecular weight is 544 g/mol. The lowest BCUT2D eigenvalue weighted by Gasteiger charge is -2.28. The molecular formula is C27H31ClFN5O4. The summed E-state index contributed by atoms with van der Waals surface area (Å²) in [5, 5.41) is 16.5. The van der Waals surface area contributed by atoms with Crippen LogP contribution in [0.3, 0.4) is 0 Å².